The maximum absolute atomic E-state index is 11.4. The average molecular weight is 627 g/mol. The summed E-state index contributed by atoms with van der Waals surface area (Å²) in [5.41, 5.74) is 13.0. The molecule has 1 saturated heterocycles. The molecule has 5 aromatic rings. The molecule has 6 rings (SSSR count). The Morgan fingerprint density at radius 1 is 1.11 bits per heavy atom. The van der Waals surface area contributed by atoms with Gasteiger partial charge in [-0.25, -0.2) is 20.4 Å². The van der Waals surface area contributed by atoms with Crippen molar-refractivity contribution in [3.8, 4) is 11.4 Å². The number of aryl methyl sites for hydroxylation is 1. The molecular weight excluding hydrogens is 588 g/mol. The van der Waals surface area contributed by atoms with Crippen LogP contribution in [-0.2, 0) is 29.0 Å². The number of hydrogen-bond acceptors (Lipinski definition) is 10. The number of imidazole rings is 1. The molecule has 12 heteroatoms. The summed E-state index contributed by atoms with van der Waals surface area (Å²) in [6.45, 7) is 7.56. The maximum Gasteiger partial charge on any atom is 0.267 e. The van der Waals surface area contributed by atoms with Gasteiger partial charge in [0.15, 0.2) is 11.6 Å². The zero-order valence-electron chi connectivity index (χ0n) is 25.6. The highest BCUT2D eigenvalue weighted by molar-refractivity contribution is 7.19. The lowest BCUT2D eigenvalue weighted by atomic mass is 10.2. The number of morpholine rings is 1. The number of nitrogen functional groups attached to an aromatic ring is 1. The number of aromatic nitrogens is 4. The van der Waals surface area contributed by atoms with Gasteiger partial charge in [-0.05, 0) is 67.6 Å². The van der Waals surface area contributed by atoms with E-state index in [0.717, 1.165) is 89.6 Å². The van der Waals surface area contributed by atoms with E-state index >= 15 is 0 Å². The fourth-order valence-corrected chi connectivity index (χ4v) is 6.78. The SMILES string of the molecule is CCCc1nc2cc(/C=C/C(=O)NO)ccc2n1CCN(C)Cc1cc2nc(-c3ccc(N)cc3)nc(N3CCOCC3)c2s1. The van der Waals surface area contributed by atoms with Gasteiger partial charge in [0.05, 0.1) is 34.5 Å². The summed E-state index contributed by atoms with van der Waals surface area (Å²) in [7, 11) is 2.15. The Morgan fingerprint density at radius 2 is 1.91 bits per heavy atom. The molecule has 3 aromatic heterocycles. The van der Waals surface area contributed by atoms with Crippen molar-refractivity contribution in [3.63, 3.8) is 0 Å². The minimum Gasteiger partial charge on any atom is -0.399 e. The summed E-state index contributed by atoms with van der Waals surface area (Å²) in [5, 5.41) is 8.76. The number of nitrogens with zero attached hydrogens (tertiary/aromatic N) is 6. The minimum absolute atomic E-state index is 0.569. The molecule has 0 radical (unpaired) electrons. The number of nitrogens with two attached hydrogens (primary N) is 1. The Kier molecular flexibility index (Phi) is 9.36. The van der Waals surface area contributed by atoms with Crippen molar-refractivity contribution >= 4 is 56.1 Å². The minimum atomic E-state index is -0.569. The van der Waals surface area contributed by atoms with Crippen molar-refractivity contribution in [1.82, 2.24) is 29.9 Å². The number of hydroxylamine groups is 1. The van der Waals surface area contributed by atoms with E-state index in [1.807, 2.05) is 36.4 Å². The van der Waals surface area contributed by atoms with Gasteiger partial charge < -0.3 is 19.9 Å². The summed E-state index contributed by atoms with van der Waals surface area (Å²) in [4.78, 5) is 32.2. The molecule has 0 atom stereocenters. The molecule has 1 aliphatic heterocycles. The van der Waals surface area contributed by atoms with E-state index in [9.17, 15) is 4.79 Å². The first-order chi connectivity index (χ1) is 21.9. The fourth-order valence-electron chi connectivity index (χ4n) is 5.58. The van der Waals surface area contributed by atoms with Crippen LogP contribution in [0, 0.1) is 0 Å². The van der Waals surface area contributed by atoms with Gasteiger partial charge in [-0.2, -0.15) is 0 Å². The molecule has 4 heterocycles. The van der Waals surface area contributed by atoms with Gasteiger partial charge >= 0.3 is 0 Å². The molecule has 4 N–H and O–H groups in total. The zero-order valence-corrected chi connectivity index (χ0v) is 26.4. The highest BCUT2D eigenvalue weighted by Gasteiger charge is 2.21. The molecule has 234 valence electrons. The highest BCUT2D eigenvalue weighted by atomic mass is 32.1. The van der Waals surface area contributed by atoms with Crippen LogP contribution in [0.2, 0.25) is 0 Å². The van der Waals surface area contributed by atoms with E-state index < -0.39 is 5.91 Å². The lowest BCUT2D eigenvalue weighted by Crippen LogP contribution is -2.36. The Morgan fingerprint density at radius 3 is 2.67 bits per heavy atom. The number of rotatable bonds is 11. The maximum atomic E-state index is 11.4. The molecule has 0 aliphatic carbocycles. The molecule has 11 nitrogen and oxygen atoms in total. The van der Waals surface area contributed by atoms with Crippen LogP contribution >= 0.6 is 11.3 Å². The van der Waals surface area contributed by atoms with Gasteiger partial charge in [-0.3, -0.25) is 14.9 Å². The molecule has 1 amide bonds. The second-order valence-electron chi connectivity index (χ2n) is 11.2. The van der Waals surface area contributed by atoms with Crippen LogP contribution in [0.25, 0.3) is 38.7 Å². The van der Waals surface area contributed by atoms with Crippen LogP contribution in [-0.4, -0.2) is 75.4 Å². The summed E-state index contributed by atoms with van der Waals surface area (Å²) in [6.07, 6.45) is 4.83. The van der Waals surface area contributed by atoms with Crippen molar-refractivity contribution in [1.29, 1.82) is 0 Å². The number of carbonyl (C=O) groups is 1. The summed E-state index contributed by atoms with van der Waals surface area (Å²) >= 11 is 1.76. The van der Waals surface area contributed by atoms with E-state index in [4.69, 9.17) is 30.6 Å². The molecule has 1 fully saturated rings. The number of hydrogen-bond donors (Lipinski definition) is 3. The standard InChI is InChI=1S/C33H38N8O3S/c1-3-4-29-35-26-19-22(6-12-30(42)38-43)5-11-28(26)41(29)14-13-39(2)21-25-20-27-31(45-25)33(40-15-17-44-18-16-40)37-32(36-27)23-7-9-24(34)10-8-23/h5-12,19-20,43H,3-4,13-18,21,34H2,1-2H3,(H,38,42)/b12-6+. The summed E-state index contributed by atoms with van der Waals surface area (Å²) in [6, 6.07) is 15.9. The van der Waals surface area contributed by atoms with Crippen LogP contribution in [0.1, 0.15) is 29.6 Å². The van der Waals surface area contributed by atoms with E-state index in [2.05, 4.69) is 40.5 Å². The van der Waals surface area contributed by atoms with Gasteiger partial charge in [0.2, 0.25) is 0 Å². The average Bonchev–Trinajstić information content (AvgIpc) is 3.62. The topological polar surface area (TPSA) is 135 Å². The van der Waals surface area contributed by atoms with Gasteiger partial charge in [0.25, 0.3) is 5.91 Å². The fraction of sp³-hybridized carbons (Fsp3) is 0.333. The van der Waals surface area contributed by atoms with E-state index in [1.54, 1.807) is 22.9 Å². The molecule has 45 heavy (non-hydrogen) atoms. The van der Waals surface area contributed by atoms with Crippen LogP contribution < -0.4 is 16.1 Å². The number of amides is 1. The largest absolute Gasteiger partial charge is 0.399 e. The number of likely N-dealkylation sites (N-methyl/N-ethyl adjacent to an activating group) is 1. The monoisotopic (exact) mass is 626 g/mol. The molecule has 1 aliphatic rings. The molecule has 0 unspecified atom stereocenters. The third-order valence-electron chi connectivity index (χ3n) is 7.88. The zero-order chi connectivity index (χ0) is 31.3. The number of benzene rings is 2. The van der Waals surface area contributed by atoms with Gasteiger partial charge in [0.1, 0.15) is 5.82 Å². The Bertz CT molecular complexity index is 1830. The second-order valence-corrected chi connectivity index (χ2v) is 12.4. The van der Waals surface area contributed by atoms with Gasteiger partial charge in [0, 0.05) is 61.3 Å². The molecule has 0 spiro atoms. The van der Waals surface area contributed by atoms with Crippen LogP contribution in [0.3, 0.4) is 0 Å². The summed E-state index contributed by atoms with van der Waals surface area (Å²) < 4.78 is 9.03. The lowest BCUT2D eigenvalue weighted by molar-refractivity contribution is -0.124. The summed E-state index contributed by atoms with van der Waals surface area (Å²) in [5.74, 6) is 2.15. The number of anilines is 2. The van der Waals surface area contributed by atoms with E-state index in [-0.39, 0.29) is 0 Å². The first kappa shape index (κ1) is 30.7. The van der Waals surface area contributed by atoms with Gasteiger partial charge in [-0.15, -0.1) is 11.3 Å². The Hall–Kier alpha value is -4.36. The van der Waals surface area contributed by atoms with E-state index in [0.29, 0.717) is 24.7 Å². The van der Waals surface area contributed by atoms with Crippen molar-refractivity contribution in [2.75, 3.05) is 50.5 Å². The van der Waals surface area contributed by atoms with Crippen LogP contribution in [0.15, 0.2) is 54.6 Å². The molecular formula is C33H38N8O3S. The van der Waals surface area contributed by atoms with Crippen LogP contribution in [0.4, 0.5) is 11.5 Å². The molecule has 0 bridgehead atoms. The molecule has 0 saturated carbocycles. The van der Waals surface area contributed by atoms with Crippen molar-refractivity contribution in [3.05, 3.63) is 70.9 Å². The third kappa shape index (κ3) is 6.99. The molecule has 2 aromatic carbocycles. The predicted molar refractivity (Wildman–Crippen MR) is 179 cm³/mol. The van der Waals surface area contributed by atoms with Gasteiger partial charge in [-0.1, -0.05) is 13.0 Å². The number of nitrogens with one attached hydrogen (secondary N) is 1. The van der Waals surface area contributed by atoms with Crippen molar-refractivity contribution < 1.29 is 14.7 Å². The number of fused-ring (bicyclic) bond motifs is 2. The van der Waals surface area contributed by atoms with Crippen LogP contribution in [0.5, 0.6) is 0 Å². The second kappa shape index (κ2) is 13.7. The van der Waals surface area contributed by atoms with Crippen molar-refractivity contribution in [2.24, 2.45) is 0 Å². The third-order valence-corrected chi connectivity index (χ3v) is 8.98. The first-order valence-corrected chi connectivity index (χ1v) is 16.0. The lowest BCUT2D eigenvalue weighted by Gasteiger charge is -2.28. The number of carbonyl (C=O) groups excluding carboxylic acids is 1. The highest BCUT2D eigenvalue weighted by Crippen LogP contribution is 2.35. The quantitative estimate of drug-likeness (QED) is 0.0823. The first-order valence-electron chi connectivity index (χ1n) is 15.2. The van der Waals surface area contributed by atoms with E-state index in [1.165, 1.54) is 11.0 Å². The smallest absolute Gasteiger partial charge is 0.267 e. The number of thiophene rings is 1. The normalized spacial score (nSPS) is 13.9. The Balaban J connectivity index is 1.22. The Labute approximate surface area is 265 Å². The van der Waals surface area contributed by atoms with Crippen molar-refractivity contribution in [2.45, 2.75) is 32.9 Å². The predicted octanol–water partition coefficient (Wildman–Crippen LogP) is 4.73. The number of ether oxygens (including phenoxy) is 1.